The summed E-state index contributed by atoms with van der Waals surface area (Å²) in [6.07, 6.45) is -10.8. The summed E-state index contributed by atoms with van der Waals surface area (Å²) >= 11 is 0. The molecule has 1 unspecified atom stereocenters. The van der Waals surface area contributed by atoms with Crippen LogP contribution in [0.15, 0.2) is 23.8 Å². The zero-order chi connectivity index (χ0) is 13.5. The fourth-order valence-corrected chi connectivity index (χ4v) is 1.34. The Kier molecular flexibility index (Phi) is 3.02. The van der Waals surface area contributed by atoms with Crippen LogP contribution in [0.25, 0.3) is 0 Å². The molecule has 0 aromatic rings. The van der Waals surface area contributed by atoms with Crippen LogP contribution < -0.4 is 0 Å². The van der Waals surface area contributed by atoms with E-state index in [9.17, 15) is 31.1 Å². The van der Waals surface area contributed by atoms with Gasteiger partial charge in [0.1, 0.15) is 0 Å². The zero-order valence-electron chi connectivity index (χ0n) is 8.06. The van der Waals surface area contributed by atoms with Crippen LogP contribution in [0.2, 0.25) is 0 Å². The van der Waals surface area contributed by atoms with E-state index < -0.39 is 35.7 Å². The molecule has 0 fully saturated rings. The Balaban J connectivity index is 3.12. The van der Waals surface area contributed by atoms with Crippen LogP contribution in [0, 0.1) is 5.41 Å². The lowest BCUT2D eigenvalue weighted by Gasteiger charge is -2.30. The van der Waals surface area contributed by atoms with Crippen LogP contribution in [0.3, 0.4) is 0 Å². The smallest absolute Gasteiger partial charge is 0.416 e. The van der Waals surface area contributed by atoms with Crippen molar-refractivity contribution in [3.63, 3.8) is 0 Å². The molecule has 1 rings (SSSR count). The van der Waals surface area contributed by atoms with Gasteiger partial charge < -0.3 is 5.11 Å². The van der Waals surface area contributed by atoms with Gasteiger partial charge in [0.15, 0.2) is 5.41 Å². The van der Waals surface area contributed by atoms with Crippen LogP contribution in [0.4, 0.5) is 26.3 Å². The van der Waals surface area contributed by atoms with Crippen LogP contribution in [-0.2, 0) is 4.79 Å². The molecule has 0 amide bonds. The Labute approximate surface area is 91.2 Å². The molecule has 0 bridgehead atoms. The molecule has 0 aliphatic heterocycles. The molecule has 0 radical (unpaired) electrons. The Morgan fingerprint density at radius 1 is 1.24 bits per heavy atom. The van der Waals surface area contributed by atoms with E-state index in [0.29, 0.717) is 0 Å². The third kappa shape index (κ3) is 2.29. The SMILES string of the molecule is O=C(O)C1(C(F)(F)F)C=CC(C(F)(F)F)=CC1. The number of alkyl halides is 6. The van der Waals surface area contributed by atoms with Crippen molar-refractivity contribution in [2.24, 2.45) is 5.41 Å². The number of carboxylic acid groups (broad SMARTS) is 1. The average molecular weight is 260 g/mol. The molecule has 0 saturated carbocycles. The molecule has 0 saturated heterocycles. The molecule has 96 valence electrons. The minimum absolute atomic E-state index is 0.0398. The monoisotopic (exact) mass is 260 g/mol. The summed E-state index contributed by atoms with van der Waals surface area (Å²) < 4.78 is 74.0. The lowest BCUT2D eigenvalue weighted by atomic mass is 9.79. The third-order valence-electron chi connectivity index (χ3n) is 2.41. The van der Waals surface area contributed by atoms with Gasteiger partial charge in [-0.2, -0.15) is 26.3 Å². The summed E-state index contributed by atoms with van der Waals surface area (Å²) in [5.41, 5.74) is -4.56. The number of aliphatic carboxylic acids is 1. The number of rotatable bonds is 1. The molecule has 1 atom stereocenters. The zero-order valence-corrected chi connectivity index (χ0v) is 8.06. The van der Waals surface area contributed by atoms with E-state index in [2.05, 4.69) is 0 Å². The first-order chi connectivity index (χ1) is 7.51. The average Bonchev–Trinajstić information content (AvgIpc) is 2.14. The molecule has 0 spiro atoms. The maximum atomic E-state index is 12.5. The highest BCUT2D eigenvalue weighted by Gasteiger charge is 2.59. The topological polar surface area (TPSA) is 37.3 Å². The van der Waals surface area contributed by atoms with Crippen LogP contribution in [0.1, 0.15) is 6.42 Å². The molecule has 0 aromatic heterocycles. The standard InChI is InChI=1S/C9H6F6O2/c10-8(11,12)5-1-3-7(4-2-5,6(16)17)9(13,14)15/h1-3H,4H2,(H,16,17). The molecule has 1 N–H and O–H groups in total. The number of halogens is 6. The summed E-state index contributed by atoms with van der Waals surface area (Å²) in [7, 11) is 0. The summed E-state index contributed by atoms with van der Waals surface area (Å²) in [6.45, 7) is 0. The first-order valence-corrected chi connectivity index (χ1v) is 4.27. The fraction of sp³-hybridized carbons (Fsp3) is 0.444. The predicted octanol–water partition coefficient (Wildman–Crippen LogP) is 3.07. The van der Waals surface area contributed by atoms with E-state index in [-0.39, 0.29) is 18.2 Å². The first-order valence-electron chi connectivity index (χ1n) is 4.27. The second kappa shape index (κ2) is 3.78. The van der Waals surface area contributed by atoms with Crippen molar-refractivity contribution in [3.8, 4) is 0 Å². The summed E-state index contributed by atoms with van der Waals surface area (Å²) in [5.74, 6) is -2.22. The molecular weight excluding hydrogens is 254 g/mol. The van der Waals surface area contributed by atoms with Crippen molar-refractivity contribution < 1.29 is 36.2 Å². The first kappa shape index (κ1) is 13.6. The molecular formula is C9H6F6O2. The van der Waals surface area contributed by atoms with E-state index >= 15 is 0 Å². The molecule has 1 aliphatic carbocycles. The second-order valence-electron chi connectivity index (χ2n) is 3.47. The van der Waals surface area contributed by atoms with Crippen LogP contribution in [0.5, 0.6) is 0 Å². The second-order valence-corrected chi connectivity index (χ2v) is 3.47. The predicted molar refractivity (Wildman–Crippen MR) is 44.0 cm³/mol. The highest BCUT2D eigenvalue weighted by Crippen LogP contribution is 2.46. The third-order valence-corrected chi connectivity index (χ3v) is 2.41. The van der Waals surface area contributed by atoms with Crippen LogP contribution in [-0.4, -0.2) is 23.4 Å². The van der Waals surface area contributed by atoms with Crippen molar-refractivity contribution in [1.82, 2.24) is 0 Å². The van der Waals surface area contributed by atoms with Crippen molar-refractivity contribution in [1.29, 1.82) is 0 Å². The van der Waals surface area contributed by atoms with Crippen molar-refractivity contribution in [2.75, 3.05) is 0 Å². The fourth-order valence-electron chi connectivity index (χ4n) is 1.34. The minimum atomic E-state index is -5.15. The van der Waals surface area contributed by atoms with Gasteiger partial charge in [-0.25, -0.2) is 0 Å². The van der Waals surface area contributed by atoms with Gasteiger partial charge >= 0.3 is 18.3 Å². The Bertz CT molecular complexity index is 389. The van der Waals surface area contributed by atoms with Gasteiger partial charge in [0.2, 0.25) is 0 Å². The Morgan fingerprint density at radius 3 is 2.00 bits per heavy atom. The highest BCUT2D eigenvalue weighted by molar-refractivity contribution is 5.79. The summed E-state index contributed by atoms with van der Waals surface area (Å²) in [4.78, 5) is 10.6. The van der Waals surface area contributed by atoms with E-state index in [4.69, 9.17) is 5.11 Å². The van der Waals surface area contributed by atoms with Gasteiger partial charge in [-0.15, -0.1) is 0 Å². The molecule has 0 heterocycles. The normalized spacial score (nSPS) is 25.6. The van der Waals surface area contributed by atoms with Gasteiger partial charge in [0, 0.05) is 0 Å². The number of hydrogen-bond acceptors (Lipinski definition) is 1. The molecule has 8 heteroatoms. The number of hydrogen-bond donors (Lipinski definition) is 1. The summed E-state index contributed by atoms with van der Waals surface area (Å²) in [6, 6.07) is 0. The van der Waals surface area contributed by atoms with Crippen molar-refractivity contribution in [2.45, 2.75) is 18.8 Å². The van der Waals surface area contributed by atoms with Crippen LogP contribution >= 0.6 is 0 Å². The van der Waals surface area contributed by atoms with Gasteiger partial charge in [-0.3, -0.25) is 4.79 Å². The Morgan fingerprint density at radius 2 is 1.76 bits per heavy atom. The molecule has 2 nitrogen and oxygen atoms in total. The molecule has 0 aromatic carbocycles. The molecule has 1 aliphatic rings. The lowest BCUT2D eigenvalue weighted by molar-refractivity contribution is -0.217. The maximum Gasteiger partial charge on any atom is 0.416 e. The molecule has 17 heavy (non-hydrogen) atoms. The van der Waals surface area contributed by atoms with Gasteiger partial charge in [-0.05, 0) is 6.42 Å². The van der Waals surface area contributed by atoms with E-state index in [1.165, 1.54) is 0 Å². The van der Waals surface area contributed by atoms with Gasteiger partial charge in [0.05, 0.1) is 5.57 Å². The van der Waals surface area contributed by atoms with E-state index in [0.717, 1.165) is 0 Å². The summed E-state index contributed by atoms with van der Waals surface area (Å²) in [5, 5.41) is 8.53. The van der Waals surface area contributed by atoms with Gasteiger partial charge in [-0.1, -0.05) is 18.2 Å². The van der Waals surface area contributed by atoms with Gasteiger partial charge in [0.25, 0.3) is 0 Å². The number of carboxylic acids is 1. The minimum Gasteiger partial charge on any atom is -0.480 e. The number of allylic oxidation sites excluding steroid dienone is 3. The quantitative estimate of drug-likeness (QED) is 0.735. The maximum absolute atomic E-state index is 12.5. The highest BCUT2D eigenvalue weighted by atomic mass is 19.4. The van der Waals surface area contributed by atoms with E-state index in [1.54, 1.807) is 0 Å². The largest absolute Gasteiger partial charge is 0.480 e. The number of carbonyl (C=O) groups is 1. The Hall–Kier alpha value is -1.47. The van der Waals surface area contributed by atoms with Crippen molar-refractivity contribution >= 4 is 5.97 Å². The van der Waals surface area contributed by atoms with E-state index in [1.807, 2.05) is 0 Å². The lowest BCUT2D eigenvalue weighted by Crippen LogP contribution is -2.44. The van der Waals surface area contributed by atoms with Crippen molar-refractivity contribution in [3.05, 3.63) is 23.8 Å².